The monoisotopic (exact) mass is 482 g/mol. The van der Waals surface area contributed by atoms with Gasteiger partial charge in [0.05, 0.1) is 27.0 Å². The van der Waals surface area contributed by atoms with E-state index in [2.05, 4.69) is 12.1 Å². The number of carbonyl (C=O) groups excluding carboxylic acids is 1. The van der Waals surface area contributed by atoms with E-state index in [1.165, 1.54) is 16.9 Å². The molecule has 8 heteroatoms. The lowest BCUT2D eigenvalue weighted by Crippen LogP contribution is -2.30. The van der Waals surface area contributed by atoms with E-state index in [9.17, 15) is 4.79 Å². The Bertz CT molecular complexity index is 1140. The summed E-state index contributed by atoms with van der Waals surface area (Å²) >= 11 is 3.26. The van der Waals surface area contributed by atoms with Crippen LogP contribution >= 0.6 is 23.1 Å². The normalized spacial score (nSPS) is 11.0. The van der Waals surface area contributed by atoms with Crippen LogP contribution in [-0.2, 0) is 17.1 Å². The minimum absolute atomic E-state index is 0.0173. The van der Waals surface area contributed by atoms with Crippen LogP contribution < -0.4 is 14.4 Å². The molecule has 0 unspecified atom stereocenters. The summed E-state index contributed by atoms with van der Waals surface area (Å²) in [6.07, 6.45) is 2.85. The Morgan fingerprint density at radius 3 is 2.58 bits per heavy atom. The fourth-order valence-corrected chi connectivity index (χ4v) is 5.45. The molecule has 0 saturated heterocycles. The summed E-state index contributed by atoms with van der Waals surface area (Å²) in [5.74, 6) is 3.94. The van der Waals surface area contributed by atoms with E-state index >= 15 is 0 Å². The van der Waals surface area contributed by atoms with Crippen LogP contribution in [0.5, 0.6) is 11.5 Å². The number of fused-ring (bicyclic) bond motifs is 1. The number of thioether (sulfide) groups is 1. The van der Waals surface area contributed by atoms with Gasteiger partial charge in [0.25, 0.3) is 0 Å². The highest BCUT2D eigenvalue weighted by Gasteiger charge is 2.23. The molecule has 0 spiro atoms. The Kier molecular flexibility index (Phi) is 7.91. The molecule has 2 heterocycles. The Labute approximate surface area is 201 Å². The maximum Gasteiger partial charge on any atom is 0.229 e. The molecule has 0 bridgehead atoms. The minimum atomic E-state index is 0.0173. The number of aromatic nitrogens is 1. The van der Waals surface area contributed by atoms with Gasteiger partial charge in [-0.05, 0) is 42.0 Å². The first-order valence-electron chi connectivity index (χ1n) is 10.7. The van der Waals surface area contributed by atoms with E-state index < -0.39 is 0 Å². The Balaban J connectivity index is 1.48. The van der Waals surface area contributed by atoms with Crippen LogP contribution in [0.2, 0.25) is 0 Å². The van der Waals surface area contributed by atoms with Crippen molar-refractivity contribution in [3.63, 3.8) is 0 Å². The topological polar surface area (TPSA) is 64.8 Å². The second-order valence-corrected chi connectivity index (χ2v) is 9.43. The van der Waals surface area contributed by atoms with Crippen molar-refractivity contribution < 1.29 is 18.7 Å². The highest BCUT2D eigenvalue weighted by Crippen LogP contribution is 2.40. The summed E-state index contributed by atoms with van der Waals surface area (Å²) < 4.78 is 17.4. The van der Waals surface area contributed by atoms with E-state index in [0.717, 1.165) is 22.6 Å². The second-order valence-electron chi connectivity index (χ2n) is 7.35. The molecule has 0 atom stereocenters. The number of hydrogen-bond acceptors (Lipinski definition) is 7. The molecule has 0 N–H and O–H groups in total. The van der Waals surface area contributed by atoms with Crippen LogP contribution in [0.25, 0.3) is 10.2 Å². The zero-order valence-corrected chi connectivity index (χ0v) is 20.3. The van der Waals surface area contributed by atoms with E-state index in [4.69, 9.17) is 18.9 Å². The first-order valence-corrected chi connectivity index (χ1v) is 12.6. The summed E-state index contributed by atoms with van der Waals surface area (Å²) in [5.41, 5.74) is 1.98. The van der Waals surface area contributed by atoms with Crippen LogP contribution in [0, 0.1) is 0 Å². The molecule has 33 heavy (non-hydrogen) atoms. The second kappa shape index (κ2) is 11.2. The minimum Gasteiger partial charge on any atom is -0.495 e. The lowest BCUT2D eigenvalue weighted by Gasteiger charge is -2.18. The molecular weight excluding hydrogens is 456 g/mol. The predicted molar refractivity (Wildman–Crippen MR) is 134 cm³/mol. The molecule has 1 amide bonds. The Morgan fingerprint density at radius 1 is 1.06 bits per heavy atom. The number of hydrogen-bond donors (Lipinski definition) is 0. The number of amides is 1. The molecule has 172 valence electrons. The van der Waals surface area contributed by atoms with Crippen molar-refractivity contribution in [2.45, 2.75) is 25.1 Å². The third-order valence-electron chi connectivity index (χ3n) is 5.12. The average Bonchev–Trinajstić information content (AvgIpc) is 3.52. The number of benzene rings is 2. The molecule has 4 rings (SSSR count). The van der Waals surface area contributed by atoms with Crippen LogP contribution in [0.1, 0.15) is 24.2 Å². The van der Waals surface area contributed by atoms with Crippen LogP contribution in [-0.4, -0.2) is 30.9 Å². The van der Waals surface area contributed by atoms with Gasteiger partial charge in [-0.2, -0.15) is 11.8 Å². The van der Waals surface area contributed by atoms with Gasteiger partial charge in [-0.3, -0.25) is 9.69 Å². The van der Waals surface area contributed by atoms with E-state index in [0.29, 0.717) is 40.9 Å². The molecule has 0 saturated carbocycles. The van der Waals surface area contributed by atoms with Gasteiger partial charge in [0.2, 0.25) is 5.91 Å². The van der Waals surface area contributed by atoms with E-state index in [-0.39, 0.29) is 5.91 Å². The maximum absolute atomic E-state index is 13.3. The largest absolute Gasteiger partial charge is 0.495 e. The van der Waals surface area contributed by atoms with Gasteiger partial charge in [-0.25, -0.2) is 4.98 Å². The third-order valence-corrected chi connectivity index (χ3v) is 7.32. The number of ether oxygens (including phenoxy) is 2. The van der Waals surface area contributed by atoms with Crippen molar-refractivity contribution >= 4 is 44.4 Å². The van der Waals surface area contributed by atoms with E-state index in [1.54, 1.807) is 25.4 Å². The number of carbonyl (C=O) groups is 1. The lowest BCUT2D eigenvalue weighted by molar-refractivity contribution is -0.118. The molecule has 0 aliphatic rings. The summed E-state index contributed by atoms with van der Waals surface area (Å²) in [6, 6.07) is 17.7. The summed E-state index contributed by atoms with van der Waals surface area (Å²) in [4.78, 5) is 19.7. The quantitative estimate of drug-likeness (QED) is 0.239. The smallest absolute Gasteiger partial charge is 0.229 e. The maximum atomic E-state index is 13.3. The Morgan fingerprint density at radius 2 is 1.85 bits per heavy atom. The van der Waals surface area contributed by atoms with Gasteiger partial charge in [0, 0.05) is 12.2 Å². The van der Waals surface area contributed by atoms with Crippen molar-refractivity contribution in [3.05, 3.63) is 72.2 Å². The van der Waals surface area contributed by atoms with Crippen molar-refractivity contribution in [2.75, 3.05) is 24.9 Å². The number of thiazole rings is 1. The van der Waals surface area contributed by atoms with Gasteiger partial charge in [0.15, 0.2) is 5.13 Å². The van der Waals surface area contributed by atoms with Gasteiger partial charge in [-0.15, -0.1) is 0 Å². The van der Waals surface area contributed by atoms with Crippen molar-refractivity contribution in [1.29, 1.82) is 0 Å². The SMILES string of the molecule is COc1ccc(OC)c2sc(N(Cc3ccco3)C(=O)CCCSCc3ccccc3)nc12. The summed E-state index contributed by atoms with van der Waals surface area (Å²) in [7, 11) is 3.23. The van der Waals surface area contributed by atoms with Gasteiger partial charge in [-0.1, -0.05) is 41.7 Å². The Hall–Kier alpha value is -2.97. The predicted octanol–water partition coefficient (Wildman–Crippen LogP) is 6.15. The van der Waals surface area contributed by atoms with Crippen molar-refractivity contribution in [3.8, 4) is 11.5 Å². The molecule has 0 aliphatic heterocycles. The first-order chi connectivity index (χ1) is 16.2. The highest BCUT2D eigenvalue weighted by atomic mass is 32.2. The van der Waals surface area contributed by atoms with Crippen LogP contribution in [0.3, 0.4) is 0 Å². The standard InChI is InChI=1S/C25H26N2O4S2/c1-29-20-12-13-21(30-2)24-23(20)26-25(33-24)27(16-19-10-6-14-31-19)22(28)11-7-15-32-17-18-8-4-3-5-9-18/h3-6,8-10,12-14H,7,11,15-17H2,1-2H3. The fraction of sp³-hybridized carbons (Fsp3) is 0.280. The first kappa shape index (κ1) is 23.2. The average molecular weight is 483 g/mol. The van der Waals surface area contributed by atoms with Crippen molar-refractivity contribution in [2.24, 2.45) is 0 Å². The molecule has 6 nitrogen and oxygen atoms in total. The number of furan rings is 1. The molecule has 2 aromatic carbocycles. The van der Waals surface area contributed by atoms with Gasteiger partial charge < -0.3 is 13.9 Å². The van der Waals surface area contributed by atoms with Gasteiger partial charge in [0.1, 0.15) is 27.5 Å². The molecule has 2 aromatic heterocycles. The lowest BCUT2D eigenvalue weighted by atomic mass is 10.2. The molecule has 0 radical (unpaired) electrons. The zero-order valence-electron chi connectivity index (χ0n) is 18.7. The molecule has 4 aromatic rings. The molecular formula is C25H26N2O4S2. The van der Waals surface area contributed by atoms with Crippen molar-refractivity contribution in [1.82, 2.24) is 4.98 Å². The molecule has 0 aliphatic carbocycles. The van der Waals surface area contributed by atoms with Gasteiger partial charge >= 0.3 is 0 Å². The number of nitrogens with zero attached hydrogens (tertiary/aromatic N) is 2. The number of anilines is 1. The fourth-order valence-electron chi connectivity index (χ4n) is 3.44. The highest BCUT2D eigenvalue weighted by molar-refractivity contribution is 7.98. The van der Waals surface area contributed by atoms with Crippen LogP contribution in [0.15, 0.2) is 65.3 Å². The summed E-state index contributed by atoms with van der Waals surface area (Å²) in [6.45, 7) is 0.327. The van der Waals surface area contributed by atoms with E-state index in [1.807, 2.05) is 54.2 Å². The molecule has 0 fully saturated rings. The number of rotatable bonds is 11. The zero-order chi connectivity index (χ0) is 23.0. The third kappa shape index (κ3) is 5.69. The van der Waals surface area contributed by atoms with Crippen LogP contribution in [0.4, 0.5) is 5.13 Å². The number of methoxy groups -OCH3 is 2. The summed E-state index contributed by atoms with van der Waals surface area (Å²) in [5, 5.41) is 0.603.